The van der Waals surface area contributed by atoms with Crippen LogP contribution >= 0.6 is 0 Å². The highest BCUT2D eigenvalue weighted by Crippen LogP contribution is 2.15. The van der Waals surface area contributed by atoms with Crippen molar-refractivity contribution >= 4 is 33.4 Å². The van der Waals surface area contributed by atoms with E-state index >= 15 is 0 Å². The standard InChI is InChI=1S/C17H16N2O4S/c1-24(22,23)13-9-6-12(7-10-13)8-11-16(20)19-15-5-3-2-4-14(15)17(18)21/h2-11H,1H3,(H2,18,21)(H,19,20)/b11-8+. The van der Waals surface area contributed by atoms with Gasteiger partial charge in [0.15, 0.2) is 9.84 Å². The fourth-order valence-corrected chi connectivity index (χ4v) is 2.61. The first-order chi connectivity index (χ1) is 11.3. The lowest BCUT2D eigenvalue weighted by Crippen LogP contribution is -2.16. The summed E-state index contributed by atoms with van der Waals surface area (Å²) in [5.74, 6) is -1.07. The molecule has 2 aromatic carbocycles. The van der Waals surface area contributed by atoms with E-state index in [0.29, 0.717) is 11.3 Å². The lowest BCUT2D eigenvalue weighted by atomic mass is 10.1. The highest BCUT2D eigenvalue weighted by atomic mass is 32.2. The molecule has 2 rings (SSSR count). The first kappa shape index (κ1) is 17.4. The van der Waals surface area contributed by atoms with Gasteiger partial charge in [-0.1, -0.05) is 24.3 Å². The Bertz CT molecular complexity index is 900. The van der Waals surface area contributed by atoms with Gasteiger partial charge in [-0.2, -0.15) is 0 Å². The van der Waals surface area contributed by atoms with E-state index in [-0.39, 0.29) is 10.5 Å². The van der Waals surface area contributed by atoms with Crippen molar-refractivity contribution in [3.05, 3.63) is 65.7 Å². The number of para-hydroxylation sites is 1. The summed E-state index contributed by atoms with van der Waals surface area (Å²) in [6.07, 6.45) is 3.95. The van der Waals surface area contributed by atoms with E-state index in [1.54, 1.807) is 30.3 Å². The number of nitrogens with two attached hydrogens (primary N) is 1. The number of carbonyl (C=O) groups is 2. The number of hydrogen-bond acceptors (Lipinski definition) is 4. The minimum Gasteiger partial charge on any atom is -0.366 e. The molecule has 7 heteroatoms. The molecule has 0 saturated carbocycles. The Hall–Kier alpha value is -2.93. The molecule has 0 spiro atoms. The number of anilines is 1. The van der Waals surface area contributed by atoms with Crippen LogP contribution in [0.4, 0.5) is 5.69 Å². The van der Waals surface area contributed by atoms with Crippen LogP contribution < -0.4 is 11.1 Å². The molecule has 24 heavy (non-hydrogen) atoms. The van der Waals surface area contributed by atoms with Gasteiger partial charge in [-0.3, -0.25) is 9.59 Å². The molecule has 0 aliphatic carbocycles. The van der Waals surface area contributed by atoms with Gasteiger partial charge in [0.05, 0.1) is 16.1 Å². The summed E-state index contributed by atoms with van der Waals surface area (Å²) in [6.45, 7) is 0. The van der Waals surface area contributed by atoms with Crippen LogP contribution in [0.5, 0.6) is 0 Å². The minimum absolute atomic E-state index is 0.208. The molecule has 0 fully saturated rings. The second-order valence-corrected chi connectivity index (χ2v) is 7.09. The van der Waals surface area contributed by atoms with E-state index in [9.17, 15) is 18.0 Å². The molecule has 0 saturated heterocycles. The molecule has 3 N–H and O–H groups in total. The predicted molar refractivity (Wildman–Crippen MR) is 92.2 cm³/mol. The van der Waals surface area contributed by atoms with Crippen molar-refractivity contribution in [2.24, 2.45) is 5.73 Å². The average molecular weight is 344 g/mol. The molecule has 6 nitrogen and oxygen atoms in total. The van der Waals surface area contributed by atoms with Crippen molar-refractivity contribution in [2.75, 3.05) is 11.6 Å². The molecule has 0 unspecified atom stereocenters. The van der Waals surface area contributed by atoms with Gasteiger partial charge in [0, 0.05) is 12.3 Å². The van der Waals surface area contributed by atoms with E-state index in [2.05, 4.69) is 5.32 Å². The molecule has 0 bridgehead atoms. The highest BCUT2D eigenvalue weighted by molar-refractivity contribution is 7.90. The smallest absolute Gasteiger partial charge is 0.250 e. The van der Waals surface area contributed by atoms with E-state index in [1.807, 2.05) is 0 Å². The Morgan fingerprint density at radius 2 is 1.67 bits per heavy atom. The quantitative estimate of drug-likeness (QED) is 0.807. The van der Waals surface area contributed by atoms with Gasteiger partial charge in [-0.05, 0) is 35.9 Å². The van der Waals surface area contributed by atoms with Crippen molar-refractivity contribution in [3.8, 4) is 0 Å². The number of carbonyl (C=O) groups excluding carboxylic acids is 2. The van der Waals surface area contributed by atoms with Gasteiger partial charge in [0.2, 0.25) is 5.91 Å². The molecule has 2 amide bonds. The van der Waals surface area contributed by atoms with Gasteiger partial charge >= 0.3 is 0 Å². The van der Waals surface area contributed by atoms with Crippen molar-refractivity contribution in [1.82, 2.24) is 0 Å². The van der Waals surface area contributed by atoms with Crippen molar-refractivity contribution in [2.45, 2.75) is 4.90 Å². The van der Waals surface area contributed by atoms with Crippen molar-refractivity contribution in [1.29, 1.82) is 0 Å². The van der Waals surface area contributed by atoms with Crippen LogP contribution in [-0.2, 0) is 14.6 Å². The number of amides is 2. The molecule has 0 aromatic heterocycles. The molecule has 0 aliphatic heterocycles. The number of primary amides is 1. The maximum atomic E-state index is 11.9. The monoisotopic (exact) mass is 344 g/mol. The van der Waals surface area contributed by atoms with Crippen LogP contribution in [0.2, 0.25) is 0 Å². The Morgan fingerprint density at radius 3 is 2.25 bits per heavy atom. The van der Waals surface area contributed by atoms with Crippen LogP contribution in [-0.4, -0.2) is 26.5 Å². The second-order valence-electron chi connectivity index (χ2n) is 5.07. The molecule has 0 atom stereocenters. The number of rotatable bonds is 5. The lowest BCUT2D eigenvalue weighted by molar-refractivity contribution is -0.111. The fraction of sp³-hybridized carbons (Fsp3) is 0.0588. The summed E-state index contributed by atoms with van der Waals surface area (Å²) < 4.78 is 22.8. The third-order valence-electron chi connectivity index (χ3n) is 3.19. The predicted octanol–water partition coefficient (Wildman–Crippen LogP) is 1.84. The van der Waals surface area contributed by atoms with Gasteiger partial charge in [0.25, 0.3) is 5.91 Å². The molecule has 124 valence electrons. The summed E-state index contributed by atoms with van der Waals surface area (Å²) in [7, 11) is -3.25. The maximum absolute atomic E-state index is 11.9. The number of benzene rings is 2. The van der Waals surface area contributed by atoms with E-state index in [1.165, 1.54) is 30.4 Å². The molecule has 2 aromatic rings. The first-order valence-corrected chi connectivity index (χ1v) is 8.84. The largest absolute Gasteiger partial charge is 0.366 e. The Balaban J connectivity index is 2.10. The Kier molecular flexibility index (Phi) is 5.15. The number of sulfone groups is 1. The first-order valence-electron chi connectivity index (χ1n) is 6.95. The van der Waals surface area contributed by atoms with Gasteiger partial charge in [-0.15, -0.1) is 0 Å². The summed E-state index contributed by atoms with van der Waals surface area (Å²) in [6, 6.07) is 12.5. The second kappa shape index (κ2) is 7.10. The van der Waals surface area contributed by atoms with Crippen LogP contribution in [0.25, 0.3) is 6.08 Å². The highest BCUT2D eigenvalue weighted by Gasteiger charge is 2.09. The zero-order chi connectivity index (χ0) is 17.7. The Labute approximate surface area is 139 Å². The Morgan fingerprint density at radius 1 is 1.04 bits per heavy atom. The molecule has 0 radical (unpaired) electrons. The molecule has 0 heterocycles. The van der Waals surface area contributed by atoms with E-state index < -0.39 is 21.7 Å². The van der Waals surface area contributed by atoms with Crippen LogP contribution in [0.3, 0.4) is 0 Å². The topological polar surface area (TPSA) is 106 Å². The summed E-state index contributed by atoms with van der Waals surface area (Å²) in [4.78, 5) is 23.4. The van der Waals surface area contributed by atoms with Gasteiger partial charge in [-0.25, -0.2) is 8.42 Å². The number of nitrogens with one attached hydrogen (secondary N) is 1. The maximum Gasteiger partial charge on any atom is 0.250 e. The van der Waals surface area contributed by atoms with E-state index in [4.69, 9.17) is 5.73 Å². The number of hydrogen-bond donors (Lipinski definition) is 2. The summed E-state index contributed by atoms with van der Waals surface area (Å²) >= 11 is 0. The molecular formula is C17H16N2O4S. The normalized spacial score (nSPS) is 11.4. The van der Waals surface area contributed by atoms with Crippen LogP contribution in [0, 0.1) is 0 Å². The molecule has 0 aliphatic rings. The van der Waals surface area contributed by atoms with Gasteiger partial charge in [0.1, 0.15) is 0 Å². The van der Waals surface area contributed by atoms with Crippen molar-refractivity contribution < 1.29 is 18.0 Å². The zero-order valence-corrected chi connectivity index (χ0v) is 13.7. The van der Waals surface area contributed by atoms with Gasteiger partial charge < -0.3 is 11.1 Å². The van der Waals surface area contributed by atoms with Crippen LogP contribution in [0.15, 0.2) is 59.5 Å². The summed E-state index contributed by atoms with van der Waals surface area (Å²) in [5.41, 5.74) is 6.46. The summed E-state index contributed by atoms with van der Waals surface area (Å²) in [5, 5.41) is 2.58. The SMILES string of the molecule is CS(=O)(=O)c1ccc(/C=C/C(=O)Nc2ccccc2C(N)=O)cc1. The third-order valence-corrected chi connectivity index (χ3v) is 4.31. The minimum atomic E-state index is -3.25. The van der Waals surface area contributed by atoms with Crippen molar-refractivity contribution in [3.63, 3.8) is 0 Å². The van der Waals surface area contributed by atoms with E-state index in [0.717, 1.165) is 6.26 Å². The average Bonchev–Trinajstić information content (AvgIpc) is 2.53. The molecular weight excluding hydrogens is 328 g/mol. The zero-order valence-electron chi connectivity index (χ0n) is 12.9. The third kappa shape index (κ3) is 4.53. The van der Waals surface area contributed by atoms with Crippen LogP contribution in [0.1, 0.15) is 15.9 Å². The lowest BCUT2D eigenvalue weighted by Gasteiger charge is -2.06. The fourth-order valence-electron chi connectivity index (χ4n) is 1.98.